The summed E-state index contributed by atoms with van der Waals surface area (Å²) in [6, 6.07) is 21.7. The summed E-state index contributed by atoms with van der Waals surface area (Å²) >= 11 is 6.41. The van der Waals surface area contributed by atoms with E-state index in [1.54, 1.807) is 43.4 Å². The molecule has 3 aromatic rings. The van der Waals surface area contributed by atoms with Crippen LogP contribution < -0.4 is 9.47 Å². The van der Waals surface area contributed by atoms with Crippen molar-refractivity contribution in [1.29, 1.82) is 0 Å². The number of carbonyl (C=O) groups is 2. The highest BCUT2D eigenvalue weighted by atomic mass is 35.5. The molecule has 1 fully saturated rings. The van der Waals surface area contributed by atoms with Gasteiger partial charge >= 0.3 is 0 Å². The van der Waals surface area contributed by atoms with Gasteiger partial charge in [0.25, 0.3) is 11.8 Å². The number of methoxy groups -OCH3 is 2. The second kappa shape index (κ2) is 13.8. The van der Waals surface area contributed by atoms with Gasteiger partial charge in [0.15, 0.2) is 0 Å². The minimum atomic E-state index is -0.401. The zero-order valence-corrected chi connectivity index (χ0v) is 24.6. The Labute approximate surface area is 251 Å². The highest BCUT2D eigenvalue weighted by molar-refractivity contribution is 6.33. The fourth-order valence-electron chi connectivity index (χ4n) is 5.26. The van der Waals surface area contributed by atoms with Gasteiger partial charge in [-0.3, -0.25) is 14.5 Å². The first-order chi connectivity index (χ1) is 20.5. The summed E-state index contributed by atoms with van der Waals surface area (Å²) in [6.45, 7) is 3.67. The number of benzene rings is 3. The van der Waals surface area contributed by atoms with Gasteiger partial charge in [0.05, 0.1) is 49.8 Å². The Kier molecular flexibility index (Phi) is 9.74. The zero-order chi connectivity index (χ0) is 29.5. The molecule has 42 heavy (non-hydrogen) atoms. The Morgan fingerprint density at radius 1 is 0.976 bits per heavy atom. The molecule has 0 spiro atoms. The molecule has 220 valence electrons. The van der Waals surface area contributed by atoms with E-state index in [1.165, 1.54) is 5.01 Å². The Morgan fingerprint density at radius 2 is 1.69 bits per heavy atom. The van der Waals surface area contributed by atoms with Gasteiger partial charge in [-0.1, -0.05) is 41.9 Å². The van der Waals surface area contributed by atoms with E-state index in [1.807, 2.05) is 48.5 Å². The number of nitrogens with zero attached hydrogens (tertiary/aromatic N) is 4. The molecule has 0 aromatic heterocycles. The monoisotopic (exact) mass is 590 g/mol. The minimum absolute atomic E-state index is 0.153. The quantitative estimate of drug-likeness (QED) is 0.346. The Hall–Kier alpha value is -3.92. The fourth-order valence-corrected chi connectivity index (χ4v) is 5.48. The Morgan fingerprint density at radius 3 is 2.40 bits per heavy atom. The number of amides is 2. The maximum atomic E-state index is 14.1. The lowest BCUT2D eigenvalue weighted by Gasteiger charge is -2.31. The number of hydrazone groups is 1. The lowest BCUT2D eigenvalue weighted by Crippen LogP contribution is -2.46. The molecule has 3 aromatic carbocycles. The van der Waals surface area contributed by atoms with Gasteiger partial charge in [0.2, 0.25) is 0 Å². The minimum Gasteiger partial charge on any atom is -0.497 e. The number of hydrogen-bond acceptors (Lipinski definition) is 7. The highest BCUT2D eigenvalue weighted by Crippen LogP contribution is 2.37. The lowest BCUT2D eigenvalue weighted by molar-refractivity contribution is -0.133. The van der Waals surface area contributed by atoms with Crippen molar-refractivity contribution >= 4 is 29.1 Å². The predicted octanol–water partition coefficient (Wildman–Crippen LogP) is 4.51. The number of morpholine rings is 1. The lowest BCUT2D eigenvalue weighted by atomic mass is 9.97. The van der Waals surface area contributed by atoms with E-state index in [9.17, 15) is 9.59 Å². The van der Waals surface area contributed by atoms with Crippen LogP contribution in [-0.4, -0.2) is 92.5 Å². The summed E-state index contributed by atoms with van der Waals surface area (Å²) in [6.07, 6.45) is 0.491. The SMILES string of the molecule is COc1ccc(C2=NN(C(=O)CN(CCN3CCOCC3)C(=O)c3ccccc3Cl)C(c3ccccc3OC)C2)cc1. The van der Waals surface area contributed by atoms with E-state index in [4.69, 9.17) is 30.9 Å². The van der Waals surface area contributed by atoms with Crippen LogP contribution in [-0.2, 0) is 9.53 Å². The normalized spacial score (nSPS) is 17.1. The van der Waals surface area contributed by atoms with E-state index in [0.717, 1.165) is 35.7 Å². The molecule has 1 atom stereocenters. The van der Waals surface area contributed by atoms with Crippen molar-refractivity contribution in [2.75, 3.05) is 60.2 Å². The molecule has 2 aliphatic rings. The van der Waals surface area contributed by atoms with Crippen LogP contribution in [0.1, 0.15) is 33.9 Å². The zero-order valence-electron chi connectivity index (χ0n) is 23.9. The predicted molar refractivity (Wildman–Crippen MR) is 161 cm³/mol. The first-order valence-electron chi connectivity index (χ1n) is 14.0. The maximum Gasteiger partial charge on any atom is 0.262 e. The third kappa shape index (κ3) is 6.75. The Balaban J connectivity index is 1.44. The van der Waals surface area contributed by atoms with Crippen LogP contribution in [0.15, 0.2) is 77.9 Å². The molecule has 0 aliphatic carbocycles. The molecule has 5 rings (SSSR count). The molecular weight excluding hydrogens is 556 g/mol. The van der Waals surface area contributed by atoms with E-state index in [-0.39, 0.29) is 18.4 Å². The summed E-state index contributed by atoms with van der Waals surface area (Å²) < 4.78 is 16.4. The van der Waals surface area contributed by atoms with Crippen LogP contribution in [0.5, 0.6) is 11.5 Å². The van der Waals surface area contributed by atoms with E-state index >= 15 is 0 Å². The molecule has 10 heteroatoms. The molecular formula is C32H35ClN4O5. The number of ether oxygens (including phenoxy) is 3. The van der Waals surface area contributed by atoms with Crippen molar-refractivity contribution in [2.24, 2.45) is 5.10 Å². The van der Waals surface area contributed by atoms with Gasteiger partial charge in [-0.2, -0.15) is 5.10 Å². The third-order valence-corrected chi connectivity index (χ3v) is 7.92. The van der Waals surface area contributed by atoms with Crippen molar-refractivity contribution in [1.82, 2.24) is 14.8 Å². The summed E-state index contributed by atoms with van der Waals surface area (Å²) in [7, 11) is 3.23. The molecule has 2 amide bonds. The number of carbonyl (C=O) groups excluding carboxylic acids is 2. The van der Waals surface area contributed by atoms with Crippen LogP contribution >= 0.6 is 11.6 Å². The van der Waals surface area contributed by atoms with Crippen LogP contribution in [0.2, 0.25) is 5.02 Å². The second-order valence-electron chi connectivity index (χ2n) is 10.1. The average molecular weight is 591 g/mol. The fraction of sp³-hybridized carbons (Fsp3) is 0.344. The van der Waals surface area contributed by atoms with Crippen LogP contribution in [0.4, 0.5) is 0 Å². The largest absolute Gasteiger partial charge is 0.497 e. The van der Waals surface area contributed by atoms with Gasteiger partial charge < -0.3 is 19.1 Å². The van der Waals surface area contributed by atoms with Gasteiger partial charge in [0, 0.05) is 38.2 Å². The molecule has 0 saturated carbocycles. The van der Waals surface area contributed by atoms with Crippen LogP contribution in [0, 0.1) is 0 Å². The van der Waals surface area contributed by atoms with Gasteiger partial charge in [-0.25, -0.2) is 5.01 Å². The summed E-state index contributed by atoms with van der Waals surface area (Å²) in [5, 5.41) is 6.66. The molecule has 1 saturated heterocycles. The van der Waals surface area contributed by atoms with Crippen molar-refractivity contribution in [3.63, 3.8) is 0 Å². The second-order valence-corrected chi connectivity index (χ2v) is 10.5. The number of rotatable bonds is 10. The molecule has 2 heterocycles. The van der Waals surface area contributed by atoms with E-state index in [2.05, 4.69) is 4.90 Å². The number of para-hydroxylation sites is 1. The number of hydrogen-bond donors (Lipinski definition) is 0. The van der Waals surface area contributed by atoms with Crippen molar-refractivity contribution in [2.45, 2.75) is 12.5 Å². The summed E-state index contributed by atoms with van der Waals surface area (Å²) in [4.78, 5) is 31.6. The van der Waals surface area contributed by atoms with Crippen molar-refractivity contribution < 1.29 is 23.8 Å². The molecule has 0 radical (unpaired) electrons. The van der Waals surface area contributed by atoms with E-state index in [0.29, 0.717) is 49.1 Å². The first-order valence-corrected chi connectivity index (χ1v) is 14.4. The van der Waals surface area contributed by atoms with Crippen molar-refractivity contribution in [3.8, 4) is 11.5 Å². The molecule has 1 unspecified atom stereocenters. The number of halogens is 1. The highest BCUT2D eigenvalue weighted by Gasteiger charge is 2.36. The smallest absolute Gasteiger partial charge is 0.262 e. The summed E-state index contributed by atoms with van der Waals surface area (Å²) in [5.74, 6) is 0.815. The van der Waals surface area contributed by atoms with E-state index < -0.39 is 6.04 Å². The van der Waals surface area contributed by atoms with Crippen LogP contribution in [0.3, 0.4) is 0 Å². The average Bonchev–Trinajstić information content (AvgIpc) is 3.49. The van der Waals surface area contributed by atoms with Gasteiger partial charge in [-0.15, -0.1) is 0 Å². The standard InChI is InChI=1S/C32H35ClN4O5/c1-40-24-13-11-23(12-14-24)28-21-29(26-8-4-6-10-30(26)41-2)37(34-28)31(38)22-36(16-15-35-17-19-42-20-18-35)32(39)25-7-3-5-9-27(25)33/h3-14,29H,15-22H2,1-2H3. The molecule has 0 bridgehead atoms. The van der Waals surface area contributed by atoms with Crippen LogP contribution in [0.25, 0.3) is 0 Å². The summed E-state index contributed by atoms with van der Waals surface area (Å²) in [5.41, 5.74) is 2.86. The van der Waals surface area contributed by atoms with Gasteiger partial charge in [-0.05, 0) is 48.0 Å². The van der Waals surface area contributed by atoms with Gasteiger partial charge in [0.1, 0.15) is 18.0 Å². The molecule has 0 N–H and O–H groups in total. The topological polar surface area (TPSA) is 83.9 Å². The maximum absolute atomic E-state index is 14.1. The third-order valence-electron chi connectivity index (χ3n) is 7.59. The molecule has 2 aliphatic heterocycles. The Bertz CT molecular complexity index is 1420. The van der Waals surface area contributed by atoms with Crippen molar-refractivity contribution in [3.05, 3.63) is 94.5 Å². The molecule has 9 nitrogen and oxygen atoms in total. The first kappa shape index (κ1) is 29.6.